The van der Waals surface area contributed by atoms with E-state index in [9.17, 15) is 14.7 Å². The molecule has 6 heteroatoms. The first-order valence-corrected chi connectivity index (χ1v) is 7.12. The quantitative estimate of drug-likeness (QED) is 0.697. The van der Waals surface area contributed by atoms with Gasteiger partial charge in [-0.1, -0.05) is 12.1 Å². The Labute approximate surface area is 129 Å². The number of methoxy groups -OCH3 is 1. The number of carbonyl (C=O) groups excluding carboxylic acids is 2. The maximum atomic E-state index is 12.1. The lowest BCUT2D eigenvalue weighted by atomic mass is 10.1. The molecule has 0 aromatic heterocycles. The van der Waals surface area contributed by atoms with E-state index in [1.54, 1.807) is 24.3 Å². The second kappa shape index (κ2) is 7.20. The third-order valence-electron chi connectivity index (χ3n) is 3.54. The highest BCUT2D eigenvalue weighted by molar-refractivity contribution is 6.04. The summed E-state index contributed by atoms with van der Waals surface area (Å²) >= 11 is 0. The molecule has 2 atom stereocenters. The fourth-order valence-corrected chi connectivity index (χ4v) is 2.37. The number of nitrogens with one attached hydrogen (secondary N) is 1. The van der Waals surface area contributed by atoms with Crippen LogP contribution in [0.1, 0.15) is 18.4 Å². The molecule has 0 saturated carbocycles. The number of aliphatic hydroxyl groups is 1. The molecule has 4 N–H and O–H groups in total. The number of aliphatic hydroxyl groups excluding tert-OH is 1. The monoisotopic (exact) mass is 304 g/mol. The second-order valence-electron chi connectivity index (χ2n) is 5.29. The molecule has 0 radical (unpaired) electrons. The molecule has 6 nitrogen and oxygen atoms in total. The van der Waals surface area contributed by atoms with Crippen LogP contribution in [0.25, 0.3) is 0 Å². The predicted molar refractivity (Wildman–Crippen MR) is 82.1 cm³/mol. The molecule has 2 rings (SSSR count). The fourth-order valence-electron chi connectivity index (χ4n) is 2.37. The number of ether oxygens (including phenoxy) is 1. The van der Waals surface area contributed by atoms with Crippen LogP contribution in [0.3, 0.4) is 0 Å². The van der Waals surface area contributed by atoms with Crippen molar-refractivity contribution in [2.24, 2.45) is 5.73 Å². The maximum Gasteiger partial charge on any atom is 0.322 e. The Morgan fingerprint density at radius 3 is 2.91 bits per heavy atom. The van der Waals surface area contributed by atoms with E-state index in [1.807, 2.05) is 6.07 Å². The minimum absolute atomic E-state index is 0.217. The standard InChI is InChI=1S/C16H20N2O4/c1-22-16(21)14(17)8-10-3-2-4-12(7-10)18-15(20)11-5-6-13(19)9-11/h2-4,7,9,13-14,19H,5-6,8,17H2,1H3,(H,18,20). The van der Waals surface area contributed by atoms with Crippen LogP contribution < -0.4 is 11.1 Å². The summed E-state index contributed by atoms with van der Waals surface area (Å²) in [5.41, 5.74) is 7.77. The van der Waals surface area contributed by atoms with Gasteiger partial charge < -0.3 is 20.9 Å². The number of nitrogens with two attached hydrogens (primary N) is 1. The second-order valence-corrected chi connectivity index (χ2v) is 5.29. The third kappa shape index (κ3) is 4.16. The van der Waals surface area contributed by atoms with Gasteiger partial charge in [-0.15, -0.1) is 0 Å². The van der Waals surface area contributed by atoms with Crippen LogP contribution in [0, 0.1) is 0 Å². The van der Waals surface area contributed by atoms with Crippen LogP contribution in [0.5, 0.6) is 0 Å². The zero-order chi connectivity index (χ0) is 16.1. The number of rotatable bonds is 5. The number of anilines is 1. The minimum atomic E-state index is -0.733. The van der Waals surface area contributed by atoms with E-state index in [0.717, 1.165) is 5.56 Å². The Kier molecular flexibility index (Phi) is 5.30. The summed E-state index contributed by atoms with van der Waals surface area (Å²) in [7, 11) is 1.29. The Morgan fingerprint density at radius 2 is 2.27 bits per heavy atom. The van der Waals surface area contributed by atoms with Crippen molar-refractivity contribution < 1.29 is 19.4 Å². The van der Waals surface area contributed by atoms with Crippen LogP contribution in [0.2, 0.25) is 0 Å². The van der Waals surface area contributed by atoms with Gasteiger partial charge in [0.15, 0.2) is 0 Å². The highest BCUT2D eigenvalue weighted by Gasteiger charge is 2.19. The third-order valence-corrected chi connectivity index (χ3v) is 3.54. The van der Waals surface area contributed by atoms with Crippen molar-refractivity contribution in [2.75, 3.05) is 12.4 Å². The molecule has 1 aromatic carbocycles. The summed E-state index contributed by atoms with van der Waals surface area (Å²) in [4.78, 5) is 23.4. The van der Waals surface area contributed by atoms with Crippen LogP contribution in [-0.2, 0) is 20.7 Å². The first-order chi connectivity index (χ1) is 10.5. The maximum absolute atomic E-state index is 12.1. The molecule has 0 aliphatic heterocycles. The van der Waals surface area contributed by atoms with Gasteiger partial charge >= 0.3 is 5.97 Å². The van der Waals surface area contributed by atoms with Gasteiger partial charge in [-0.25, -0.2) is 0 Å². The Hall–Kier alpha value is -2.18. The molecule has 1 aliphatic carbocycles. The van der Waals surface area contributed by atoms with Gasteiger partial charge in [0.05, 0.1) is 13.2 Å². The molecule has 0 bridgehead atoms. The van der Waals surface area contributed by atoms with Crippen molar-refractivity contribution in [3.8, 4) is 0 Å². The highest BCUT2D eigenvalue weighted by Crippen LogP contribution is 2.20. The topological polar surface area (TPSA) is 102 Å². The number of amides is 1. The lowest BCUT2D eigenvalue weighted by Gasteiger charge is -2.11. The van der Waals surface area contributed by atoms with Crippen molar-refractivity contribution in [3.63, 3.8) is 0 Å². The zero-order valence-electron chi connectivity index (χ0n) is 12.4. The van der Waals surface area contributed by atoms with Gasteiger partial charge in [0.25, 0.3) is 5.91 Å². The summed E-state index contributed by atoms with van der Waals surface area (Å²) in [6.07, 6.45) is 2.52. The Balaban J connectivity index is 2.01. The van der Waals surface area contributed by atoms with Crippen molar-refractivity contribution in [1.29, 1.82) is 0 Å². The lowest BCUT2D eigenvalue weighted by Crippen LogP contribution is -2.33. The van der Waals surface area contributed by atoms with Crippen LogP contribution >= 0.6 is 0 Å². The van der Waals surface area contributed by atoms with Crippen molar-refractivity contribution in [3.05, 3.63) is 41.5 Å². The first kappa shape index (κ1) is 16.2. The Morgan fingerprint density at radius 1 is 1.50 bits per heavy atom. The highest BCUT2D eigenvalue weighted by atomic mass is 16.5. The van der Waals surface area contributed by atoms with Gasteiger partial charge in [-0.3, -0.25) is 9.59 Å². The molecule has 1 aromatic rings. The van der Waals surface area contributed by atoms with Gasteiger partial charge in [-0.2, -0.15) is 0 Å². The summed E-state index contributed by atoms with van der Waals surface area (Å²) in [6.45, 7) is 0. The van der Waals surface area contributed by atoms with E-state index in [2.05, 4.69) is 10.1 Å². The van der Waals surface area contributed by atoms with Crippen molar-refractivity contribution in [2.45, 2.75) is 31.4 Å². The summed E-state index contributed by atoms with van der Waals surface area (Å²) in [5, 5.41) is 12.2. The number of esters is 1. The first-order valence-electron chi connectivity index (χ1n) is 7.12. The molecular weight excluding hydrogens is 284 g/mol. The molecule has 22 heavy (non-hydrogen) atoms. The molecule has 118 valence electrons. The van der Waals surface area contributed by atoms with E-state index in [4.69, 9.17) is 5.73 Å². The van der Waals surface area contributed by atoms with Crippen molar-refractivity contribution in [1.82, 2.24) is 0 Å². The van der Waals surface area contributed by atoms with E-state index in [0.29, 0.717) is 30.5 Å². The number of hydrogen-bond donors (Lipinski definition) is 3. The summed E-state index contributed by atoms with van der Waals surface area (Å²) in [6, 6.07) is 6.41. The van der Waals surface area contributed by atoms with Crippen LogP contribution in [0.15, 0.2) is 35.9 Å². The smallest absolute Gasteiger partial charge is 0.322 e. The molecule has 0 heterocycles. The van der Waals surface area contributed by atoms with E-state index < -0.39 is 18.1 Å². The Bertz CT molecular complexity index is 598. The van der Waals surface area contributed by atoms with Gasteiger partial charge in [0, 0.05) is 11.3 Å². The van der Waals surface area contributed by atoms with Gasteiger partial charge in [0.1, 0.15) is 6.04 Å². The minimum Gasteiger partial charge on any atom is -0.468 e. The van der Waals surface area contributed by atoms with Crippen molar-refractivity contribution >= 4 is 17.6 Å². The molecule has 1 amide bonds. The van der Waals surface area contributed by atoms with E-state index in [-0.39, 0.29) is 5.91 Å². The number of hydrogen-bond acceptors (Lipinski definition) is 5. The SMILES string of the molecule is COC(=O)C(N)Cc1cccc(NC(=O)C2=CC(O)CC2)c1. The molecule has 0 spiro atoms. The average molecular weight is 304 g/mol. The zero-order valence-corrected chi connectivity index (χ0v) is 12.4. The molecule has 2 unspecified atom stereocenters. The van der Waals surface area contributed by atoms with E-state index in [1.165, 1.54) is 7.11 Å². The molecule has 1 aliphatic rings. The molecular formula is C16H20N2O4. The lowest BCUT2D eigenvalue weighted by molar-refractivity contribution is -0.142. The molecule has 0 saturated heterocycles. The molecule has 0 fully saturated rings. The number of benzene rings is 1. The largest absolute Gasteiger partial charge is 0.468 e. The predicted octanol–water partition coefficient (Wildman–Crippen LogP) is 0.749. The average Bonchev–Trinajstić information content (AvgIpc) is 2.93. The normalized spacial score (nSPS) is 18.5. The van der Waals surface area contributed by atoms with E-state index >= 15 is 0 Å². The fraction of sp³-hybridized carbons (Fsp3) is 0.375. The number of carbonyl (C=O) groups is 2. The van der Waals surface area contributed by atoms with Gasteiger partial charge in [0.2, 0.25) is 0 Å². The summed E-state index contributed by atoms with van der Waals surface area (Å²) in [5.74, 6) is -0.689. The van der Waals surface area contributed by atoms with Crippen LogP contribution in [-0.4, -0.2) is 36.2 Å². The van der Waals surface area contributed by atoms with Crippen LogP contribution in [0.4, 0.5) is 5.69 Å². The summed E-state index contributed by atoms with van der Waals surface area (Å²) < 4.78 is 4.59. The van der Waals surface area contributed by atoms with Gasteiger partial charge in [-0.05, 0) is 43.0 Å².